The van der Waals surface area contributed by atoms with Gasteiger partial charge in [-0.1, -0.05) is 43.5 Å². The van der Waals surface area contributed by atoms with E-state index in [1.54, 1.807) is 17.2 Å². The second kappa shape index (κ2) is 10.4. The highest BCUT2D eigenvalue weighted by Gasteiger charge is 2.44. The van der Waals surface area contributed by atoms with Gasteiger partial charge in [0.05, 0.1) is 18.6 Å². The smallest absolute Gasteiger partial charge is 0.271 e. The minimum Gasteiger partial charge on any atom is -0.350 e. The third-order valence-corrected chi connectivity index (χ3v) is 6.61. The van der Waals surface area contributed by atoms with Gasteiger partial charge in [-0.05, 0) is 41.8 Å². The van der Waals surface area contributed by atoms with Crippen LogP contribution in [-0.2, 0) is 16.1 Å². The molecule has 2 aromatic rings. The highest BCUT2D eigenvalue weighted by Crippen LogP contribution is 2.38. The highest BCUT2D eigenvalue weighted by atomic mass is 35.5. The molecule has 2 unspecified atom stereocenters. The van der Waals surface area contributed by atoms with Gasteiger partial charge in [-0.3, -0.25) is 19.4 Å². The summed E-state index contributed by atoms with van der Waals surface area (Å²) in [5, 5.41) is 7.70. The number of rotatable bonds is 8. The van der Waals surface area contributed by atoms with Gasteiger partial charge < -0.3 is 15.2 Å². The number of aromatic nitrogens is 1. The zero-order chi connectivity index (χ0) is 24.2. The number of halogens is 1. The van der Waals surface area contributed by atoms with Gasteiger partial charge in [-0.25, -0.2) is 5.01 Å². The number of benzene rings is 1. The van der Waals surface area contributed by atoms with Crippen LogP contribution in [0.25, 0.3) is 0 Å². The molecule has 180 valence electrons. The van der Waals surface area contributed by atoms with Crippen molar-refractivity contribution in [1.82, 2.24) is 25.2 Å². The van der Waals surface area contributed by atoms with Crippen LogP contribution in [0, 0.1) is 0 Å². The number of aromatic amines is 1. The molecular weight excluding hydrogens is 454 g/mol. The van der Waals surface area contributed by atoms with Crippen molar-refractivity contribution in [2.75, 3.05) is 20.1 Å². The third kappa shape index (κ3) is 5.18. The van der Waals surface area contributed by atoms with Crippen LogP contribution < -0.4 is 10.9 Å². The quantitative estimate of drug-likeness (QED) is 0.602. The van der Waals surface area contributed by atoms with Crippen LogP contribution >= 0.6 is 11.6 Å². The van der Waals surface area contributed by atoms with E-state index in [4.69, 9.17) is 11.6 Å². The lowest BCUT2D eigenvalue weighted by Gasteiger charge is -2.45. The van der Waals surface area contributed by atoms with E-state index in [0.29, 0.717) is 22.8 Å². The van der Waals surface area contributed by atoms with Crippen LogP contribution in [0.5, 0.6) is 0 Å². The number of fused-ring (bicyclic) bond motifs is 1. The van der Waals surface area contributed by atoms with Gasteiger partial charge >= 0.3 is 0 Å². The maximum Gasteiger partial charge on any atom is 0.271 e. The molecule has 1 saturated heterocycles. The Morgan fingerprint density at radius 2 is 1.97 bits per heavy atom. The van der Waals surface area contributed by atoms with Gasteiger partial charge in [-0.2, -0.15) is 0 Å². The van der Waals surface area contributed by atoms with Gasteiger partial charge in [0.15, 0.2) is 0 Å². The first-order valence-electron chi connectivity index (χ1n) is 11.6. The lowest BCUT2D eigenvalue weighted by atomic mass is 10.0. The van der Waals surface area contributed by atoms with Crippen molar-refractivity contribution in [3.63, 3.8) is 0 Å². The number of hydrogen-bond acceptors (Lipinski definition) is 5. The fraction of sp³-hybridized carbons (Fsp3) is 0.400. The predicted octanol–water partition coefficient (Wildman–Crippen LogP) is 2.83. The van der Waals surface area contributed by atoms with E-state index in [1.807, 2.05) is 37.4 Å². The van der Waals surface area contributed by atoms with Gasteiger partial charge in [0, 0.05) is 37.4 Å². The molecule has 9 heteroatoms. The van der Waals surface area contributed by atoms with Crippen LogP contribution in [-0.4, -0.2) is 57.9 Å². The van der Waals surface area contributed by atoms with Gasteiger partial charge in [0.2, 0.25) is 11.5 Å². The van der Waals surface area contributed by atoms with Gasteiger partial charge in [0.1, 0.15) is 5.70 Å². The number of unbranched alkanes of at least 4 members (excludes halogenated alkanes) is 1. The summed E-state index contributed by atoms with van der Waals surface area (Å²) >= 11 is 6.07. The predicted molar refractivity (Wildman–Crippen MR) is 131 cm³/mol. The average Bonchev–Trinajstić information content (AvgIpc) is 3.17. The molecule has 2 aliphatic rings. The van der Waals surface area contributed by atoms with Crippen LogP contribution in [0.4, 0.5) is 0 Å². The van der Waals surface area contributed by atoms with E-state index in [1.165, 1.54) is 6.07 Å². The summed E-state index contributed by atoms with van der Waals surface area (Å²) in [5.74, 6) is -0.403. The first-order chi connectivity index (χ1) is 16.4. The topological polar surface area (TPSA) is 88.8 Å². The molecule has 2 amide bonds. The lowest BCUT2D eigenvalue weighted by Crippen LogP contribution is -2.58. The molecule has 0 aliphatic carbocycles. The minimum atomic E-state index is -0.252. The zero-order valence-electron chi connectivity index (χ0n) is 19.5. The van der Waals surface area contributed by atoms with E-state index in [2.05, 4.69) is 27.2 Å². The second-order valence-electron chi connectivity index (χ2n) is 8.79. The van der Waals surface area contributed by atoms with Crippen molar-refractivity contribution in [2.24, 2.45) is 0 Å². The summed E-state index contributed by atoms with van der Waals surface area (Å²) in [6, 6.07) is 10.9. The Morgan fingerprint density at radius 1 is 1.21 bits per heavy atom. The Hall–Kier alpha value is -3.10. The van der Waals surface area contributed by atoms with Gasteiger partial charge in [0.25, 0.3) is 5.91 Å². The van der Waals surface area contributed by atoms with E-state index in [-0.39, 0.29) is 42.5 Å². The standard InChI is InChI=1S/C25H30ClN5O3/c1-3-4-5-20-15-30(16-24(33)28-14-17-10-11-27-23(32)12-17)25(34)22-13-21(29(2)31(20)22)18-6-8-19(26)9-7-18/h6-13,20-21H,3-5,14-16H2,1-2H3,(H,27,32)(H,28,33). The highest BCUT2D eigenvalue weighted by molar-refractivity contribution is 6.30. The minimum absolute atomic E-state index is 0.0227. The van der Waals surface area contributed by atoms with E-state index < -0.39 is 0 Å². The number of hydrogen-bond donors (Lipinski definition) is 2. The molecule has 0 spiro atoms. The second-order valence-corrected chi connectivity index (χ2v) is 9.22. The molecule has 1 fully saturated rings. The summed E-state index contributed by atoms with van der Waals surface area (Å²) in [4.78, 5) is 41.7. The Balaban J connectivity index is 1.50. The monoisotopic (exact) mass is 483 g/mol. The normalized spacial score (nSPS) is 20.3. The molecule has 2 atom stereocenters. The molecule has 2 N–H and O–H groups in total. The van der Waals surface area contributed by atoms with Crippen LogP contribution in [0.15, 0.2) is 59.2 Å². The molecular formula is C25H30ClN5O3. The van der Waals surface area contributed by atoms with Crippen LogP contribution in [0.3, 0.4) is 0 Å². The number of carbonyl (C=O) groups is 2. The number of nitrogens with zero attached hydrogens (tertiary/aromatic N) is 3. The number of pyridine rings is 1. The Morgan fingerprint density at radius 3 is 2.68 bits per heavy atom. The molecule has 0 radical (unpaired) electrons. The molecule has 0 saturated carbocycles. The fourth-order valence-electron chi connectivity index (χ4n) is 4.63. The fourth-order valence-corrected chi connectivity index (χ4v) is 4.75. The summed E-state index contributed by atoms with van der Waals surface area (Å²) in [7, 11) is 2.00. The molecule has 1 aromatic heterocycles. The molecule has 3 heterocycles. The Labute approximate surface area is 204 Å². The summed E-state index contributed by atoms with van der Waals surface area (Å²) in [6.07, 6.45) is 6.53. The molecule has 0 bridgehead atoms. The summed E-state index contributed by atoms with van der Waals surface area (Å²) in [6.45, 7) is 2.84. The third-order valence-electron chi connectivity index (χ3n) is 6.35. The number of piperazine rings is 1. The van der Waals surface area contributed by atoms with Crippen molar-refractivity contribution < 1.29 is 9.59 Å². The number of nitrogens with one attached hydrogen (secondary N) is 2. The maximum absolute atomic E-state index is 13.4. The lowest BCUT2D eigenvalue weighted by molar-refractivity contribution is -0.144. The Bertz CT molecular complexity index is 1130. The largest absolute Gasteiger partial charge is 0.350 e. The van der Waals surface area contributed by atoms with Crippen molar-refractivity contribution in [2.45, 2.75) is 44.8 Å². The first-order valence-corrected chi connectivity index (χ1v) is 12.0. The van der Waals surface area contributed by atoms with Crippen molar-refractivity contribution in [3.05, 3.63) is 80.9 Å². The summed E-state index contributed by atoms with van der Waals surface area (Å²) in [5.41, 5.74) is 2.15. The van der Waals surface area contributed by atoms with Crippen LogP contribution in [0.2, 0.25) is 5.02 Å². The molecule has 34 heavy (non-hydrogen) atoms. The number of likely N-dealkylation sites (N-methyl/N-ethyl adjacent to an activating group) is 1. The van der Waals surface area contributed by atoms with E-state index >= 15 is 0 Å². The first kappa shape index (κ1) is 24.0. The van der Waals surface area contributed by atoms with E-state index in [0.717, 1.165) is 24.8 Å². The molecule has 4 rings (SSSR count). The van der Waals surface area contributed by atoms with Crippen LogP contribution in [0.1, 0.15) is 43.4 Å². The molecule has 8 nitrogen and oxygen atoms in total. The SMILES string of the molecule is CCCCC1CN(CC(=O)NCc2cc[nH]c(=O)c2)C(=O)C2=CC(c3ccc(Cl)cc3)N(C)N21. The molecule has 2 aliphatic heterocycles. The maximum atomic E-state index is 13.4. The average molecular weight is 484 g/mol. The number of amides is 2. The van der Waals surface area contributed by atoms with Crippen molar-refractivity contribution in [1.29, 1.82) is 0 Å². The number of H-pyrrole nitrogens is 1. The summed E-state index contributed by atoms with van der Waals surface area (Å²) < 4.78 is 0. The zero-order valence-corrected chi connectivity index (χ0v) is 20.2. The Kier molecular flexibility index (Phi) is 7.38. The van der Waals surface area contributed by atoms with Crippen molar-refractivity contribution in [3.8, 4) is 0 Å². The van der Waals surface area contributed by atoms with Gasteiger partial charge in [-0.15, -0.1) is 0 Å². The van der Waals surface area contributed by atoms with E-state index in [9.17, 15) is 14.4 Å². The van der Waals surface area contributed by atoms with Crippen molar-refractivity contribution >= 4 is 23.4 Å². The number of carbonyl (C=O) groups excluding carboxylic acids is 2. The number of hydrazine groups is 1. The molecule has 1 aromatic carbocycles.